The summed E-state index contributed by atoms with van der Waals surface area (Å²) in [5, 5.41) is 0. The SMILES string of the molecule is COCOc1cc(C)c(B2OC(C)(C)C(C)(C)O2)c(C)c1. The zero-order valence-electron chi connectivity index (χ0n) is 14.1. The molecule has 1 heterocycles. The average Bonchev–Trinajstić information content (AvgIpc) is 2.54. The van der Waals surface area contributed by atoms with Gasteiger partial charge in [-0.3, -0.25) is 0 Å². The van der Waals surface area contributed by atoms with Crippen LogP contribution in [-0.4, -0.2) is 32.2 Å². The van der Waals surface area contributed by atoms with Gasteiger partial charge in [-0.15, -0.1) is 0 Å². The number of hydrogen-bond donors (Lipinski definition) is 0. The number of rotatable bonds is 4. The Balaban J connectivity index is 2.30. The van der Waals surface area contributed by atoms with Crippen molar-refractivity contribution in [3.63, 3.8) is 0 Å². The van der Waals surface area contributed by atoms with Crippen molar-refractivity contribution in [2.24, 2.45) is 0 Å². The summed E-state index contributed by atoms with van der Waals surface area (Å²) < 4.78 is 22.7. The molecule has 1 aliphatic heterocycles. The lowest BCUT2D eigenvalue weighted by atomic mass is 9.73. The van der Waals surface area contributed by atoms with E-state index < -0.39 is 0 Å². The van der Waals surface area contributed by atoms with Crippen molar-refractivity contribution in [1.82, 2.24) is 0 Å². The van der Waals surface area contributed by atoms with Gasteiger partial charge >= 0.3 is 7.12 Å². The molecular formula is C16H25BO4. The minimum atomic E-state index is -0.341. The third kappa shape index (κ3) is 3.10. The van der Waals surface area contributed by atoms with Crippen LogP contribution in [0.3, 0.4) is 0 Å². The monoisotopic (exact) mass is 292 g/mol. The highest BCUT2D eigenvalue weighted by atomic mass is 16.7. The Morgan fingerprint density at radius 2 is 1.48 bits per heavy atom. The number of benzene rings is 1. The molecule has 4 nitrogen and oxygen atoms in total. The fourth-order valence-electron chi connectivity index (χ4n) is 2.48. The minimum absolute atomic E-state index is 0.245. The lowest BCUT2D eigenvalue weighted by molar-refractivity contribution is 0.00578. The van der Waals surface area contributed by atoms with Crippen LogP contribution in [-0.2, 0) is 14.0 Å². The molecular weight excluding hydrogens is 267 g/mol. The van der Waals surface area contributed by atoms with Crippen molar-refractivity contribution < 1.29 is 18.8 Å². The molecule has 0 aromatic heterocycles. The molecule has 116 valence electrons. The largest absolute Gasteiger partial charge is 0.495 e. The van der Waals surface area contributed by atoms with Crippen molar-refractivity contribution in [2.45, 2.75) is 52.7 Å². The van der Waals surface area contributed by atoms with Crippen molar-refractivity contribution in [1.29, 1.82) is 0 Å². The van der Waals surface area contributed by atoms with E-state index in [1.165, 1.54) is 0 Å². The maximum atomic E-state index is 6.15. The van der Waals surface area contributed by atoms with Gasteiger partial charge in [-0.25, -0.2) is 0 Å². The molecule has 5 heteroatoms. The summed E-state index contributed by atoms with van der Waals surface area (Å²) in [6, 6.07) is 3.98. The first kappa shape index (κ1) is 16.3. The van der Waals surface area contributed by atoms with E-state index in [0.717, 1.165) is 22.3 Å². The minimum Gasteiger partial charge on any atom is -0.468 e. The molecule has 1 aromatic carbocycles. The lowest BCUT2D eigenvalue weighted by Crippen LogP contribution is -2.41. The highest BCUT2D eigenvalue weighted by molar-refractivity contribution is 6.63. The van der Waals surface area contributed by atoms with Crippen molar-refractivity contribution in [3.05, 3.63) is 23.3 Å². The van der Waals surface area contributed by atoms with Gasteiger partial charge in [0.25, 0.3) is 0 Å². The standard InChI is InChI=1S/C16H25BO4/c1-11-8-13(19-10-18-7)9-12(2)14(11)17-20-15(3,4)16(5,6)21-17/h8-9H,10H2,1-7H3. The van der Waals surface area contributed by atoms with Crippen LogP contribution in [0.5, 0.6) is 5.75 Å². The first-order valence-electron chi connectivity index (χ1n) is 7.26. The number of methoxy groups -OCH3 is 1. The fraction of sp³-hybridized carbons (Fsp3) is 0.625. The van der Waals surface area contributed by atoms with E-state index in [-0.39, 0.29) is 25.1 Å². The number of ether oxygens (including phenoxy) is 2. The fourth-order valence-corrected chi connectivity index (χ4v) is 2.48. The van der Waals surface area contributed by atoms with Crippen LogP contribution in [0.4, 0.5) is 0 Å². The van der Waals surface area contributed by atoms with Crippen LogP contribution in [0.2, 0.25) is 0 Å². The van der Waals surface area contributed by atoms with Gasteiger partial charge in [-0.05, 0) is 70.3 Å². The summed E-state index contributed by atoms with van der Waals surface area (Å²) in [5.74, 6) is 0.798. The molecule has 0 unspecified atom stereocenters. The summed E-state index contributed by atoms with van der Waals surface area (Å²) in [6.45, 7) is 12.6. The van der Waals surface area contributed by atoms with Crippen LogP contribution in [0.1, 0.15) is 38.8 Å². The Kier molecular flexibility index (Phi) is 4.38. The summed E-state index contributed by atoms with van der Waals surface area (Å²) in [4.78, 5) is 0. The van der Waals surface area contributed by atoms with Gasteiger partial charge < -0.3 is 18.8 Å². The lowest BCUT2D eigenvalue weighted by Gasteiger charge is -2.32. The second-order valence-electron chi connectivity index (χ2n) is 6.61. The van der Waals surface area contributed by atoms with Crippen molar-refractivity contribution in [2.75, 3.05) is 13.9 Å². The molecule has 1 aliphatic rings. The van der Waals surface area contributed by atoms with Crippen LogP contribution in [0.25, 0.3) is 0 Å². The summed E-state index contributed by atoms with van der Waals surface area (Å²) in [5.41, 5.74) is 2.61. The van der Waals surface area contributed by atoms with Gasteiger partial charge in [-0.1, -0.05) is 0 Å². The Morgan fingerprint density at radius 1 is 1.00 bits per heavy atom. The predicted octanol–water partition coefficient (Wildman–Crippen LogP) is 2.59. The highest BCUT2D eigenvalue weighted by Crippen LogP contribution is 2.37. The molecule has 1 fully saturated rings. The molecule has 0 bridgehead atoms. The predicted molar refractivity (Wildman–Crippen MR) is 84.1 cm³/mol. The number of hydrogen-bond acceptors (Lipinski definition) is 4. The van der Waals surface area contributed by atoms with E-state index in [1.54, 1.807) is 7.11 Å². The Bertz CT molecular complexity index is 486. The normalized spacial score (nSPS) is 19.9. The Hall–Kier alpha value is -1.04. The maximum absolute atomic E-state index is 6.15. The van der Waals surface area contributed by atoms with E-state index in [0.29, 0.717) is 0 Å². The third-order valence-corrected chi connectivity index (χ3v) is 4.40. The maximum Gasteiger partial charge on any atom is 0.495 e. The van der Waals surface area contributed by atoms with Crippen molar-refractivity contribution >= 4 is 12.6 Å². The average molecular weight is 292 g/mol. The molecule has 0 atom stereocenters. The Labute approximate surface area is 127 Å². The number of aryl methyl sites for hydroxylation is 2. The van der Waals surface area contributed by atoms with Gasteiger partial charge in [-0.2, -0.15) is 0 Å². The summed E-state index contributed by atoms with van der Waals surface area (Å²) >= 11 is 0. The van der Waals surface area contributed by atoms with Crippen molar-refractivity contribution in [3.8, 4) is 5.75 Å². The zero-order valence-corrected chi connectivity index (χ0v) is 14.1. The van der Waals surface area contributed by atoms with Gasteiger partial charge in [0.1, 0.15) is 5.75 Å². The van der Waals surface area contributed by atoms with Crippen LogP contribution < -0.4 is 10.2 Å². The smallest absolute Gasteiger partial charge is 0.468 e. The van der Waals surface area contributed by atoms with Gasteiger partial charge in [0, 0.05) is 7.11 Å². The zero-order chi connectivity index (χ0) is 15.8. The van der Waals surface area contributed by atoms with Gasteiger partial charge in [0.2, 0.25) is 0 Å². The van der Waals surface area contributed by atoms with E-state index in [1.807, 2.05) is 26.0 Å². The van der Waals surface area contributed by atoms with E-state index >= 15 is 0 Å². The molecule has 2 rings (SSSR count). The van der Waals surface area contributed by atoms with Gasteiger partial charge in [0.15, 0.2) is 6.79 Å². The highest BCUT2D eigenvalue weighted by Gasteiger charge is 2.52. The topological polar surface area (TPSA) is 36.9 Å². The second kappa shape index (κ2) is 5.63. The quantitative estimate of drug-likeness (QED) is 0.631. The van der Waals surface area contributed by atoms with Gasteiger partial charge in [0.05, 0.1) is 11.2 Å². The van der Waals surface area contributed by atoms with E-state index in [9.17, 15) is 0 Å². The van der Waals surface area contributed by atoms with Crippen LogP contribution >= 0.6 is 0 Å². The first-order chi connectivity index (χ1) is 9.68. The second-order valence-corrected chi connectivity index (χ2v) is 6.61. The van der Waals surface area contributed by atoms with E-state index in [2.05, 4.69) is 27.7 Å². The molecule has 0 saturated carbocycles. The molecule has 1 saturated heterocycles. The molecule has 1 aromatic rings. The third-order valence-electron chi connectivity index (χ3n) is 4.40. The molecule has 0 radical (unpaired) electrons. The van der Waals surface area contributed by atoms with Crippen LogP contribution in [0, 0.1) is 13.8 Å². The molecule has 0 amide bonds. The van der Waals surface area contributed by atoms with Crippen LogP contribution in [0.15, 0.2) is 12.1 Å². The first-order valence-corrected chi connectivity index (χ1v) is 7.26. The Morgan fingerprint density at radius 3 is 1.90 bits per heavy atom. The summed E-state index contributed by atoms with van der Waals surface area (Å²) in [7, 11) is 1.27. The molecule has 0 N–H and O–H groups in total. The molecule has 21 heavy (non-hydrogen) atoms. The summed E-state index contributed by atoms with van der Waals surface area (Å²) in [6.07, 6.45) is 0. The molecule has 0 spiro atoms. The van der Waals surface area contributed by atoms with E-state index in [4.69, 9.17) is 18.8 Å². The molecule has 0 aliphatic carbocycles.